The number of halogens is 3. The van der Waals surface area contributed by atoms with Crippen LogP contribution in [0.5, 0.6) is 11.5 Å². The molecular formula is C24H30Cl3NO7S. The number of rotatable bonds is 12. The zero-order valence-corrected chi connectivity index (χ0v) is 23.5. The van der Waals surface area contributed by atoms with E-state index in [9.17, 15) is 23.4 Å². The Morgan fingerprint density at radius 1 is 1.00 bits per heavy atom. The number of benzene rings is 2. The Labute approximate surface area is 226 Å². The smallest absolute Gasteiger partial charge is 0.234 e. The molecule has 2 aromatic carbocycles. The molecule has 0 aliphatic carbocycles. The highest BCUT2D eigenvalue weighted by Gasteiger charge is 2.26. The molecule has 0 aliphatic heterocycles. The van der Waals surface area contributed by atoms with E-state index in [1.165, 1.54) is 0 Å². The molecule has 12 heteroatoms. The summed E-state index contributed by atoms with van der Waals surface area (Å²) in [6.45, 7) is 4.46. The summed E-state index contributed by atoms with van der Waals surface area (Å²) in [4.78, 5) is 11.5. The fraction of sp³-hybridized carbons (Fsp3) is 0.458. The Balaban J connectivity index is 2.10. The zero-order valence-electron chi connectivity index (χ0n) is 20.4. The molecule has 0 unspecified atom stereocenters. The van der Waals surface area contributed by atoms with Crippen molar-refractivity contribution in [2.45, 2.75) is 38.4 Å². The summed E-state index contributed by atoms with van der Waals surface area (Å²) in [5, 5.41) is 20.4. The molecule has 0 radical (unpaired) electrons. The highest BCUT2D eigenvalue weighted by atomic mass is 35.5. The Bertz CT molecular complexity index is 1130. The van der Waals surface area contributed by atoms with Gasteiger partial charge in [-0.15, -0.1) is 11.6 Å². The fourth-order valence-corrected chi connectivity index (χ4v) is 4.95. The summed E-state index contributed by atoms with van der Waals surface area (Å²) in [6, 6.07) is 10.6. The normalized spacial score (nSPS) is 13.7. The van der Waals surface area contributed by atoms with Crippen LogP contribution in [0.3, 0.4) is 0 Å². The molecule has 1 amide bonds. The number of hydrogen-bond donors (Lipinski definition) is 2. The van der Waals surface area contributed by atoms with Gasteiger partial charge < -0.3 is 19.7 Å². The van der Waals surface area contributed by atoms with Gasteiger partial charge in [0.15, 0.2) is 5.75 Å². The number of carbonyl (C=O) groups excluding carboxylic acids is 1. The number of ether oxygens (including phenoxy) is 2. The standard InChI is InChI=1S/C24H30Cl3NO7S/c1-15(29)28(36(4,32)33)12-19(31)14-34-20-7-5-16(6-8-20)24(2,3)17-9-21(26)23(22(27)10-17)35-13-18(30)11-25/h5-10,18-19,30-31H,11-14H2,1-4H3/t18-,19+/m1/s1. The topological polar surface area (TPSA) is 113 Å². The lowest BCUT2D eigenvalue weighted by molar-refractivity contribution is -0.125. The third kappa shape index (κ3) is 8.13. The number of sulfonamides is 1. The van der Waals surface area contributed by atoms with Crippen LogP contribution in [0.1, 0.15) is 31.9 Å². The van der Waals surface area contributed by atoms with E-state index in [4.69, 9.17) is 44.3 Å². The lowest BCUT2D eigenvalue weighted by Crippen LogP contribution is -2.41. The van der Waals surface area contributed by atoms with Gasteiger partial charge in [-0.25, -0.2) is 12.7 Å². The molecule has 8 nitrogen and oxygen atoms in total. The third-order valence-corrected chi connectivity index (χ3v) is 7.59. The predicted octanol–water partition coefficient (Wildman–Crippen LogP) is 3.85. The molecule has 0 saturated carbocycles. The van der Waals surface area contributed by atoms with Crippen molar-refractivity contribution in [3.8, 4) is 11.5 Å². The molecule has 0 spiro atoms. The zero-order chi connectivity index (χ0) is 27.3. The van der Waals surface area contributed by atoms with Crippen molar-refractivity contribution in [1.82, 2.24) is 4.31 Å². The van der Waals surface area contributed by atoms with E-state index in [0.717, 1.165) is 24.3 Å². The van der Waals surface area contributed by atoms with E-state index in [1.54, 1.807) is 24.3 Å². The van der Waals surface area contributed by atoms with E-state index < -0.39 is 40.1 Å². The molecule has 0 saturated heterocycles. The molecule has 36 heavy (non-hydrogen) atoms. The second kappa shape index (κ2) is 12.7. The molecule has 0 aliphatic rings. The van der Waals surface area contributed by atoms with Gasteiger partial charge in [-0.2, -0.15) is 0 Å². The number of aliphatic hydroxyl groups excluding tert-OH is 2. The van der Waals surface area contributed by atoms with Gasteiger partial charge >= 0.3 is 0 Å². The molecule has 2 aromatic rings. The van der Waals surface area contributed by atoms with Crippen molar-refractivity contribution in [3.05, 3.63) is 57.6 Å². The van der Waals surface area contributed by atoms with Crippen molar-refractivity contribution in [1.29, 1.82) is 0 Å². The fourth-order valence-electron chi connectivity index (χ4n) is 3.35. The second-order valence-electron chi connectivity index (χ2n) is 8.82. The van der Waals surface area contributed by atoms with Gasteiger partial charge in [-0.05, 0) is 35.4 Å². The minimum Gasteiger partial charge on any atom is -0.491 e. The molecule has 2 atom stereocenters. The number of alkyl halides is 1. The van der Waals surface area contributed by atoms with Crippen molar-refractivity contribution in [2.24, 2.45) is 0 Å². The molecule has 200 valence electrons. The summed E-state index contributed by atoms with van der Waals surface area (Å²) in [5.74, 6) is 0.0654. The van der Waals surface area contributed by atoms with Gasteiger partial charge in [0.2, 0.25) is 15.9 Å². The van der Waals surface area contributed by atoms with Crippen LogP contribution in [0.4, 0.5) is 0 Å². The Morgan fingerprint density at radius 3 is 2.00 bits per heavy atom. The summed E-state index contributed by atoms with van der Waals surface area (Å²) in [6.07, 6.45) is -1.14. The molecule has 0 fully saturated rings. The van der Waals surface area contributed by atoms with E-state index in [1.807, 2.05) is 26.0 Å². The third-order valence-electron chi connectivity index (χ3n) is 5.46. The van der Waals surface area contributed by atoms with E-state index in [2.05, 4.69) is 0 Å². The van der Waals surface area contributed by atoms with Crippen LogP contribution >= 0.6 is 34.8 Å². The van der Waals surface area contributed by atoms with Crippen LogP contribution in [-0.4, -0.2) is 72.9 Å². The first-order valence-electron chi connectivity index (χ1n) is 10.9. The SMILES string of the molecule is CC(=O)N(C[C@H](O)COc1ccc(C(C)(C)c2cc(Cl)c(OC[C@H](O)CCl)c(Cl)c2)cc1)S(C)(=O)=O. The van der Waals surface area contributed by atoms with Gasteiger partial charge in [0.1, 0.15) is 31.2 Å². The molecular weight excluding hydrogens is 553 g/mol. The minimum atomic E-state index is -3.78. The van der Waals surface area contributed by atoms with Crippen molar-refractivity contribution < 1.29 is 32.9 Å². The van der Waals surface area contributed by atoms with Crippen LogP contribution in [-0.2, 0) is 20.2 Å². The predicted molar refractivity (Wildman–Crippen MR) is 141 cm³/mol. The largest absolute Gasteiger partial charge is 0.491 e. The molecule has 2 rings (SSSR count). The summed E-state index contributed by atoms with van der Waals surface area (Å²) in [7, 11) is -3.78. The number of carbonyl (C=O) groups is 1. The van der Waals surface area contributed by atoms with E-state index in [-0.39, 0.29) is 24.8 Å². The second-order valence-corrected chi connectivity index (χ2v) is 11.8. The van der Waals surface area contributed by atoms with Crippen LogP contribution in [0.2, 0.25) is 10.0 Å². The average Bonchev–Trinajstić information content (AvgIpc) is 2.79. The lowest BCUT2D eigenvalue weighted by Gasteiger charge is -2.27. The number of nitrogens with zero attached hydrogens (tertiary/aromatic N) is 1. The van der Waals surface area contributed by atoms with Crippen molar-refractivity contribution in [3.63, 3.8) is 0 Å². The first kappa shape index (κ1) is 30.5. The maximum Gasteiger partial charge on any atom is 0.234 e. The van der Waals surface area contributed by atoms with E-state index in [0.29, 0.717) is 20.1 Å². The molecule has 2 N–H and O–H groups in total. The Kier molecular flexibility index (Phi) is 10.7. The number of amides is 1. The van der Waals surface area contributed by atoms with Crippen molar-refractivity contribution >= 4 is 50.7 Å². The van der Waals surface area contributed by atoms with Gasteiger partial charge in [0.05, 0.1) is 28.7 Å². The first-order valence-corrected chi connectivity index (χ1v) is 14.1. The van der Waals surface area contributed by atoms with Crippen LogP contribution in [0.25, 0.3) is 0 Å². The highest BCUT2D eigenvalue weighted by Crippen LogP contribution is 2.40. The van der Waals surface area contributed by atoms with Gasteiger partial charge in [-0.1, -0.05) is 49.2 Å². The minimum absolute atomic E-state index is 0.0243. The summed E-state index contributed by atoms with van der Waals surface area (Å²) >= 11 is 18.4. The van der Waals surface area contributed by atoms with Crippen LogP contribution < -0.4 is 9.47 Å². The Hall–Kier alpha value is -1.75. The maximum atomic E-state index is 11.7. The molecule has 0 heterocycles. The average molecular weight is 583 g/mol. The van der Waals surface area contributed by atoms with E-state index >= 15 is 0 Å². The number of hydrogen-bond acceptors (Lipinski definition) is 7. The van der Waals surface area contributed by atoms with Crippen LogP contribution in [0, 0.1) is 0 Å². The van der Waals surface area contributed by atoms with Gasteiger partial charge in [0, 0.05) is 12.3 Å². The molecule has 0 aromatic heterocycles. The monoisotopic (exact) mass is 581 g/mol. The van der Waals surface area contributed by atoms with Crippen LogP contribution in [0.15, 0.2) is 36.4 Å². The Morgan fingerprint density at radius 2 is 1.53 bits per heavy atom. The lowest BCUT2D eigenvalue weighted by atomic mass is 9.78. The summed E-state index contributed by atoms with van der Waals surface area (Å²) in [5.41, 5.74) is 1.25. The van der Waals surface area contributed by atoms with Crippen molar-refractivity contribution in [2.75, 3.05) is 31.9 Å². The van der Waals surface area contributed by atoms with Gasteiger partial charge in [0.25, 0.3) is 0 Å². The number of aliphatic hydroxyl groups is 2. The first-order chi connectivity index (χ1) is 16.7. The highest BCUT2D eigenvalue weighted by molar-refractivity contribution is 7.88. The maximum absolute atomic E-state index is 11.7. The van der Waals surface area contributed by atoms with Gasteiger partial charge in [-0.3, -0.25) is 4.79 Å². The molecule has 0 bridgehead atoms. The quantitative estimate of drug-likeness (QED) is 0.366. The summed E-state index contributed by atoms with van der Waals surface area (Å²) < 4.78 is 35.0.